The van der Waals surface area contributed by atoms with Crippen LogP contribution in [0.5, 0.6) is 0 Å². The van der Waals surface area contributed by atoms with Gasteiger partial charge < -0.3 is 0 Å². The number of aliphatic imine (C=N–C) groups is 2. The standard InChI is InChI=1S/C32H40N2/c1-4-7-10-12-14-20-28-22-16-18-25-31(28)33-27-30(24-9-6-3)34-32-26-19-17-23-29(32)21-15-13-11-8-5-2/h16-19,22-23,25-27H,4-6,9,12-15,20-21,24H2,1-3H3. The Hall–Kier alpha value is -3.10. The summed E-state index contributed by atoms with van der Waals surface area (Å²) in [7, 11) is 0. The molecule has 0 saturated carbocycles. The molecule has 34 heavy (non-hydrogen) atoms. The molecular weight excluding hydrogens is 412 g/mol. The van der Waals surface area contributed by atoms with E-state index in [1.807, 2.05) is 6.21 Å². The molecular formula is C32H40N2. The minimum atomic E-state index is 0.927. The Bertz CT molecular complexity index is 1040. The van der Waals surface area contributed by atoms with Crippen molar-refractivity contribution in [1.29, 1.82) is 0 Å². The van der Waals surface area contributed by atoms with E-state index in [1.165, 1.54) is 11.1 Å². The summed E-state index contributed by atoms with van der Waals surface area (Å²) in [6.45, 7) is 6.41. The van der Waals surface area contributed by atoms with Crippen LogP contribution in [-0.4, -0.2) is 11.9 Å². The summed E-state index contributed by atoms with van der Waals surface area (Å²) in [4.78, 5) is 9.95. The highest BCUT2D eigenvalue weighted by Gasteiger charge is 2.04. The summed E-state index contributed by atoms with van der Waals surface area (Å²) < 4.78 is 0. The molecule has 2 aromatic carbocycles. The van der Waals surface area contributed by atoms with E-state index in [-0.39, 0.29) is 0 Å². The fraction of sp³-hybridized carbons (Fsp3) is 0.438. The van der Waals surface area contributed by atoms with Crippen molar-refractivity contribution in [3.8, 4) is 23.7 Å². The second-order valence-corrected chi connectivity index (χ2v) is 8.34. The van der Waals surface area contributed by atoms with Gasteiger partial charge in [-0.25, -0.2) is 0 Å². The number of nitrogens with zero attached hydrogens (tertiary/aromatic N) is 2. The van der Waals surface area contributed by atoms with Crippen LogP contribution in [-0.2, 0) is 12.8 Å². The quantitative estimate of drug-likeness (QED) is 0.175. The van der Waals surface area contributed by atoms with Crippen molar-refractivity contribution in [2.24, 2.45) is 9.98 Å². The maximum atomic E-state index is 5.06. The predicted octanol–water partition coefficient (Wildman–Crippen LogP) is 8.82. The maximum Gasteiger partial charge on any atom is 0.0665 e. The lowest BCUT2D eigenvalue weighted by atomic mass is 10.1. The van der Waals surface area contributed by atoms with Gasteiger partial charge in [-0.15, -0.1) is 23.7 Å². The van der Waals surface area contributed by atoms with E-state index >= 15 is 0 Å². The third-order valence-corrected chi connectivity index (χ3v) is 5.49. The van der Waals surface area contributed by atoms with E-state index in [9.17, 15) is 0 Å². The van der Waals surface area contributed by atoms with Crippen molar-refractivity contribution in [2.75, 3.05) is 0 Å². The number of benzene rings is 2. The van der Waals surface area contributed by atoms with Gasteiger partial charge in [-0.2, -0.15) is 0 Å². The average Bonchev–Trinajstić information content (AvgIpc) is 2.87. The topological polar surface area (TPSA) is 24.7 Å². The van der Waals surface area contributed by atoms with Crippen LogP contribution in [0.1, 0.15) is 89.7 Å². The largest absolute Gasteiger partial charge is 0.255 e. The molecule has 0 bridgehead atoms. The molecule has 0 aliphatic carbocycles. The first-order valence-electron chi connectivity index (χ1n) is 13.0. The molecule has 0 atom stereocenters. The van der Waals surface area contributed by atoms with Gasteiger partial charge in [-0.3, -0.25) is 9.98 Å². The summed E-state index contributed by atoms with van der Waals surface area (Å²) in [6.07, 6.45) is 13.0. The molecule has 0 aromatic heterocycles. The highest BCUT2D eigenvalue weighted by Crippen LogP contribution is 2.23. The minimum absolute atomic E-state index is 0.927. The Balaban J connectivity index is 2.18. The first-order chi connectivity index (χ1) is 16.8. The van der Waals surface area contributed by atoms with E-state index in [0.717, 1.165) is 87.7 Å². The van der Waals surface area contributed by atoms with Gasteiger partial charge in [0.2, 0.25) is 0 Å². The zero-order valence-corrected chi connectivity index (χ0v) is 21.4. The van der Waals surface area contributed by atoms with E-state index in [0.29, 0.717) is 0 Å². The first-order valence-corrected chi connectivity index (χ1v) is 13.0. The Morgan fingerprint density at radius 2 is 1.26 bits per heavy atom. The fourth-order valence-corrected chi connectivity index (χ4v) is 3.65. The SMILES string of the molecule is CCC#CCCCc1ccccc1N=CC(CCCC)=Nc1ccccc1CCCC#CCC. The predicted molar refractivity (Wildman–Crippen MR) is 150 cm³/mol. The van der Waals surface area contributed by atoms with E-state index < -0.39 is 0 Å². The summed E-state index contributed by atoms with van der Waals surface area (Å²) in [5.41, 5.74) is 5.71. The molecule has 0 amide bonds. The van der Waals surface area contributed by atoms with Crippen LogP contribution in [0.3, 0.4) is 0 Å². The number of rotatable bonds is 12. The van der Waals surface area contributed by atoms with Crippen molar-refractivity contribution < 1.29 is 0 Å². The fourth-order valence-electron chi connectivity index (χ4n) is 3.65. The van der Waals surface area contributed by atoms with Crippen molar-refractivity contribution in [2.45, 2.75) is 91.4 Å². The van der Waals surface area contributed by atoms with Crippen molar-refractivity contribution >= 4 is 23.3 Å². The number of aryl methyl sites for hydroxylation is 2. The lowest BCUT2D eigenvalue weighted by Crippen LogP contribution is -2.00. The lowest BCUT2D eigenvalue weighted by molar-refractivity contribution is 0.837. The van der Waals surface area contributed by atoms with Gasteiger partial charge in [-0.1, -0.05) is 63.6 Å². The van der Waals surface area contributed by atoms with Gasteiger partial charge in [-0.05, 0) is 61.8 Å². The van der Waals surface area contributed by atoms with Crippen LogP contribution < -0.4 is 0 Å². The zero-order valence-electron chi connectivity index (χ0n) is 21.4. The molecule has 2 nitrogen and oxygen atoms in total. The third kappa shape index (κ3) is 10.7. The monoisotopic (exact) mass is 452 g/mol. The number of para-hydroxylation sites is 2. The van der Waals surface area contributed by atoms with Crippen molar-refractivity contribution in [3.05, 3.63) is 59.7 Å². The van der Waals surface area contributed by atoms with Crippen molar-refractivity contribution in [1.82, 2.24) is 0 Å². The molecule has 2 rings (SSSR count). The highest BCUT2D eigenvalue weighted by atomic mass is 14.8. The molecule has 2 heteroatoms. The smallest absolute Gasteiger partial charge is 0.0665 e. The van der Waals surface area contributed by atoms with Gasteiger partial charge in [0, 0.05) is 31.9 Å². The minimum Gasteiger partial charge on any atom is -0.255 e. The van der Waals surface area contributed by atoms with E-state index in [4.69, 9.17) is 9.98 Å². The molecule has 2 aromatic rings. The number of hydrogen-bond donors (Lipinski definition) is 0. The van der Waals surface area contributed by atoms with Crippen LogP contribution in [0.25, 0.3) is 0 Å². The Morgan fingerprint density at radius 3 is 1.85 bits per heavy atom. The molecule has 0 saturated heterocycles. The average molecular weight is 453 g/mol. The molecule has 0 radical (unpaired) electrons. The van der Waals surface area contributed by atoms with Crippen molar-refractivity contribution in [3.63, 3.8) is 0 Å². The molecule has 0 aliphatic rings. The zero-order chi connectivity index (χ0) is 24.3. The van der Waals surface area contributed by atoms with Crippen LogP contribution in [0.15, 0.2) is 58.5 Å². The lowest BCUT2D eigenvalue weighted by Gasteiger charge is -2.08. The maximum absolute atomic E-state index is 5.06. The van der Waals surface area contributed by atoms with Crippen LogP contribution >= 0.6 is 0 Å². The van der Waals surface area contributed by atoms with E-state index in [1.54, 1.807) is 0 Å². The van der Waals surface area contributed by atoms with Gasteiger partial charge in [0.15, 0.2) is 0 Å². The highest BCUT2D eigenvalue weighted by molar-refractivity contribution is 6.31. The first kappa shape index (κ1) is 27.1. The Morgan fingerprint density at radius 1 is 0.706 bits per heavy atom. The Kier molecular flexibility index (Phi) is 13.9. The molecule has 0 N–H and O–H groups in total. The van der Waals surface area contributed by atoms with Crippen LogP contribution in [0, 0.1) is 23.7 Å². The third-order valence-electron chi connectivity index (χ3n) is 5.49. The summed E-state index contributed by atoms with van der Waals surface area (Å²) in [5, 5.41) is 0. The summed E-state index contributed by atoms with van der Waals surface area (Å²) in [5.74, 6) is 12.8. The normalized spacial score (nSPS) is 11.1. The molecule has 0 heterocycles. The molecule has 178 valence electrons. The molecule has 0 spiro atoms. The second-order valence-electron chi connectivity index (χ2n) is 8.34. The van der Waals surface area contributed by atoms with Gasteiger partial charge in [0.1, 0.15) is 0 Å². The second kappa shape index (κ2) is 17.4. The Labute approximate surface area is 208 Å². The molecule has 0 fully saturated rings. The summed E-state index contributed by atoms with van der Waals surface area (Å²) in [6, 6.07) is 16.9. The van der Waals surface area contributed by atoms with Crippen LogP contribution in [0.4, 0.5) is 11.4 Å². The summed E-state index contributed by atoms with van der Waals surface area (Å²) >= 11 is 0. The van der Waals surface area contributed by atoms with Gasteiger partial charge >= 0.3 is 0 Å². The number of unbranched alkanes of at least 4 members (excludes halogenated alkanes) is 3. The van der Waals surface area contributed by atoms with Crippen LogP contribution in [0.2, 0.25) is 0 Å². The molecule has 0 unspecified atom stereocenters. The van der Waals surface area contributed by atoms with Gasteiger partial charge in [0.05, 0.1) is 17.1 Å². The van der Waals surface area contributed by atoms with Gasteiger partial charge in [0.25, 0.3) is 0 Å². The number of hydrogen-bond acceptors (Lipinski definition) is 2. The van der Waals surface area contributed by atoms with E-state index in [2.05, 4.69) is 93.0 Å². The molecule has 0 aliphatic heterocycles.